The van der Waals surface area contributed by atoms with Crippen LogP contribution in [0.25, 0.3) is 10.8 Å². The van der Waals surface area contributed by atoms with Gasteiger partial charge in [0.1, 0.15) is 16.1 Å². The Kier molecular flexibility index (Phi) is 6.34. The molecule has 136 valence electrons. The van der Waals surface area contributed by atoms with Crippen LogP contribution in [0.15, 0.2) is 30.7 Å². The molecule has 1 amide bonds. The van der Waals surface area contributed by atoms with E-state index in [9.17, 15) is 4.79 Å². The molecule has 0 unspecified atom stereocenters. The van der Waals surface area contributed by atoms with Gasteiger partial charge in [0.25, 0.3) is 0 Å². The van der Waals surface area contributed by atoms with Crippen LogP contribution >= 0.6 is 35.1 Å². The maximum absolute atomic E-state index is 10.2. The van der Waals surface area contributed by atoms with Gasteiger partial charge in [-0.2, -0.15) is 5.10 Å². The van der Waals surface area contributed by atoms with Crippen molar-refractivity contribution in [3.05, 3.63) is 46.6 Å². The van der Waals surface area contributed by atoms with Gasteiger partial charge >= 0.3 is 0 Å². The number of hydrogen-bond acceptors (Lipinski definition) is 5. The SMILES string of the molecule is CCSn1cc(C2CC2)cn1.O=CNc1cc2cc(Cl)nc(Cl)c2cn1. The van der Waals surface area contributed by atoms with Gasteiger partial charge in [-0.1, -0.05) is 30.1 Å². The van der Waals surface area contributed by atoms with Crippen molar-refractivity contribution in [1.29, 1.82) is 0 Å². The van der Waals surface area contributed by atoms with Crippen LogP contribution in [0.1, 0.15) is 31.2 Å². The lowest BCUT2D eigenvalue weighted by molar-refractivity contribution is -0.105. The maximum atomic E-state index is 10.2. The average Bonchev–Trinajstić information content (AvgIpc) is 3.35. The summed E-state index contributed by atoms with van der Waals surface area (Å²) in [5.41, 5.74) is 1.42. The zero-order valence-corrected chi connectivity index (χ0v) is 16.4. The molecule has 1 aliphatic rings. The van der Waals surface area contributed by atoms with Crippen molar-refractivity contribution in [3.8, 4) is 0 Å². The third-order valence-electron chi connectivity index (χ3n) is 3.73. The second kappa shape index (κ2) is 8.70. The average molecular weight is 410 g/mol. The standard InChI is InChI=1S/C9H5Cl2N3O.C8H12N2S/c10-7-1-5-2-8(13-4-15)12-3-6(5)9(11)14-7;1-2-11-10-6-8(5-9-10)7-3-4-7/h1-4H,(H,12,13,15);5-7H,2-4H2,1H3. The van der Waals surface area contributed by atoms with Gasteiger partial charge < -0.3 is 5.32 Å². The number of carbonyl (C=O) groups excluding carboxylic acids is 1. The summed E-state index contributed by atoms with van der Waals surface area (Å²) in [6.45, 7) is 2.14. The van der Waals surface area contributed by atoms with E-state index in [4.69, 9.17) is 23.2 Å². The molecule has 26 heavy (non-hydrogen) atoms. The molecule has 0 atom stereocenters. The Morgan fingerprint density at radius 3 is 2.85 bits per heavy atom. The van der Waals surface area contributed by atoms with Crippen molar-refractivity contribution in [2.75, 3.05) is 11.1 Å². The number of hydrogen-bond donors (Lipinski definition) is 1. The van der Waals surface area contributed by atoms with Crippen LogP contribution in [0.4, 0.5) is 5.82 Å². The van der Waals surface area contributed by atoms with Gasteiger partial charge in [-0.25, -0.2) is 14.1 Å². The van der Waals surface area contributed by atoms with Gasteiger partial charge in [-0.3, -0.25) is 4.79 Å². The molecule has 0 bridgehead atoms. The van der Waals surface area contributed by atoms with E-state index >= 15 is 0 Å². The number of amides is 1. The van der Waals surface area contributed by atoms with Crippen LogP contribution in [0, 0.1) is 0 Å². The van der Waals surface area contributed by atoms with Gasteiger partial charge in [-0.05, 0) is 53.8 Å². The third kappa shape index (κ3) is 4.87. The van der Waals surface area contributed by atoms with E-state index in [-0.39, 0.29) is 0 Å². The van der Waals surface area contributed by atoms with Gasteiger partial charge in [0.2, 0.25) is 6.41 Å². The van der Waals surface area contributed by atoms with Crippen LogP contribution < -0.4 is 5.32 Å². The zero-order chi connectivity index (χ0) is 18.5. The van der Waals surface area contributed by atoms with Crippen LogP contribution in [0.3, 0.4) is 0 Å². The van der Waals surface area contributed by atoms with Crippen LogP contribution in [-0.4, -0.2) is 31.3 Å². The number of fused-ring (bicyclic) bond motifs is 1. The van der Waals surface area contributed by atoms with E-state index in [1.165, 1.54) is 24.6 Å². The Morgan fingerprint density at radius 1 is 1.35 bits per heavy atom. The molecule has 1 saturated carbocycles. The van der Waals surface area contributed by atoms with Crippen molar-refractivity contribution >= 4 is 58.2 Å². The van der Waals surface area contributed by atoms with E-state index < -0.39 is 0 Å². The van der Waals surface area contributed by atoms with E-state index in [1.54, 1.807) is 24.1 Å². The number of carbonyl (C=O) groups is 1. The number of halogens is 2. The molecule has 9 heteroatoms. The molecule has 0 saturated heterocycles. The molecule has 1 aliphatic carbocycles. The predicted octanol–water partition coefficient (Wildman–Crippen LogP) is 4.78. The molecule has 4 rings (SSSR count). The fourth-order valence-corrected chi connectivity index (χ4v) is 3.43. The minimum absolute atomic E-state index is 0.294. The molecular weight excluding hydrogens is 393 g/mol. The summed E-state index contributed by atoms with van der Waals surface area (Å²) in [4.78, 5) is 18.1. The molecule has 0 spiro atoms. The number of rotatable bonds is 5. The number of nitrogens with one attached hydrogen (secondary N) is 1. The molecule has 6 nitrogen and oxygen atoms in total. The van der Waals surface area contributed by atoms with Crippen molar-refractivity contribution in [1.82, 2.24) is 19.2 Å². The number of aromatic nitrogens is 4. The highest BCUT2D eigenvalue weighted by atomic mass is 35.5. The molecule has 0 radical (unpaired) electrons. The molecule has 0 aromatic carbocycles. The summed E-state index contributed by atoms with van der Waals surface area (Å²) < 4.78 is 1.97. The monoisotopic (exact) mass is 409 g/mol. The highest BCUT2D eigenvalue weighted by Gasteiger charge is 2.24. The molecule has 1 fully saturated rings. The second-order valence-corrected chi connectivity index (χ2v) is 7.61. The molecular formula is C17H17Cl2N5OS. The summed E-state index contributed by atoms with van der Waals surface area (Å²) in [5.74, 6) is 2.36. The Labute approximate surface area is 165 Å². The van der Waals surface area contributed by atoms with Crippen molar-refractivity contribution < 1.29 is 4.79 Å². The number of anilines is 1. The summed E-state index contributed by atoms with van der Waals surface area (Å²) in [6.07, 6.45) is 8.97. The molecule has 0 aliphatic heterocycles. The summed E-state index contributed by atoms with van der Waals surface area (Å²) in [6, 6.07) is 3.32. The van der Waals surface area contributed by atoms with E-state index in [0.717, 1.165) is 17.1 Å². The Hall–Kier alpha value is -1.83. The summed E-state index contributed by atoms with van der Waals surface area (Å²) in [7, 11) is 0. The maximum Gasteiger partial charge on any atom is 0.212 e. The molecule has 1 N–H and O–H groups in total. The fraction of sp³-hybridized carbons (Fsp3) is 0.294. The van der Waals surface area contributed by atoms with Gasteiger partial charge in [0.05, 0.1) is 6.20 Å². The minimum atomic E-state index is 0.294. The highest BCUT2D eigenvalue weighted by Crippen LogP contribution is 2.39. The van der Waals surface area contributed by atoms with E-state index in [0.29, 0.717) is 27.9 Å². The van der Waals surface area contributed by atoms with Gasteiger partial charge in [-0.15, -0.1) is 0 Å². The predicted molar refractivity (Wildman–Crippen MR) is 107 cm³/mol. The van der Waals surface area contributed by atoms with Crippen molar-refractivity contribution in [3.63, 3.8) is 0 Å². The van der Waals surface area contributed by atoms with Crippen molar-refractivity contribution in [2.24, 2.45) is 0 Å². The first-order valence-electron chi connectivity index (χ1n) is 8.10. The van der Waals surface area contributed by atoms with Crippen LogP contribution in [-0.2, 0) is 4.79 Å². The second-order valence-electron chi connectivity index (χ2n) is 5.66. The quantitative estimate of drug-likeness (QED) is 0.484. The topological polar surface area (TPSA) is 72.7 Å². The smallest absolute Gasteiger partial charge is 0.212 e. The van der Waals surface area contributed by atoms with Gasteiger partial charge in [0, 0.05) is 23.5 Å². The first kappa shape index (κ1) is 18.9. The van der Waals surface area contributed by atoms with Crippen LogP contribution in [0.5, 0.6) is 0 Å². The lowest BCUT2D eigenvalue weighted by Gasteiger charge is -2.02. The molecule has 3 aromatic rings. The van der Waals surface area contributed by atoms with Gasteiger partial charge in [0.15, 0.2) is 0 Å². The lowest BCUT2D eigenvalue weighted by Crippen LogP contribution is -1.96. The minimum Gasteiger partial charge on any atom is -0.313 e. The zero-order valence-electron chi connectivity index (χ0n) is 14.0. The first-order chi connectivity index (χ1) is 12.6. The highest BCUT2D eigenvalue weighted by molar-refractivity contribution is 7.97. The lowest BCUT2D eigenvalue weighted by atomic mass is 10.2. The van der Waals surface area contributed by atoms with Crippen LogP contribution in [0.2, 0.25) is 10.3 Å². The first-order valence-corrected chi connectivity index (χ1v) is 9.80. The third-order valence-corrected chi connectivity index (χ3v) is 4.94. The van der Waals surface area contributed by atoms with E-state index in [1.807, 2.05) is 10.3 Å². The summed E-state index contributed by atoms with van der Waals surface area (Å²) >= 11 is 13.4. The fourth-order valence-electron chi connectivity index (χ4n) is 2.36. The Bertz CT molecular complexity index is 913. The number of pyridine rings is 2. The Balaban J connectivity index is 0.000000158. The molecule has 3 aromatic heterocycles. The van der Waals surface area contributed by atoms with Crippen molar-refractivity contribution in [2.45, 2.75) is 25.7 Å². The normalized spacial score (nSPS) is 13.2. The summed E-state index contributed by atoms with van der Waals surface area (Å²) in [5, 5.41) is 8.75. The number of nitrogens with zero attached hydrogens (tertiary/aromatic N) is 4. The van der Waals surface area contributed by atoms with E-state index in [2.05, 4.69) is 33.5 Å². The molecule has 3 heterocycles. The Morgan fingerprint density at radius 2 is 2.15 bits per heavy atom. The largest absolute Gasteiger partial charge is 0.313 e.